The molecule has 6 heteroatoms. The first kappa shape index (κ1) is 21.6. The minimum atomic E-state index is -0.242. The molecule has 0 spiro atoms. The van der Waals surface area contributed by atoms with Gasteiger partial charge in [-0.2, -0.15) is 0 Å². The van der Waals surface area contributed by atoms with Gasteiger partial charge in [0.15, 0.2) is 0 Å². The number of nitrogen functional groups attached to an aromatic ring is 1. The predicted octanol–water partition coefficient (Wildman–Crippen LogP) is 4.83. The number of unbranched alkanes of at least 4 members (excludes halogenated alkanes) is 2. The van der Waals surface area contributed by atoms with Gasteiger partial charge in [0.1, 0.15) is 0 Å². The van der Waals surface area contributed by atoms with E-state index in [1.165, 1.54) is 4.90 Å². The van der Waals surface area contributed by atoms with Gasteiger partial charge in [-0.3, -0.25) is 19.3 Å². The molecule has 32 heavy (non-hydrogen) atoms. The summed E-state index contributed by atoms with van der Waals surface area (Å²) >= 11 is 0. The predicted molar refractivity (Wildman–Crippen MR) is 127 cm³/mol. The van der Waals surface area contributed by atoms with Crippen LogP contribution in [0.4, 0.5) is 11.4 Å². The number of nitrogens with one attached hydrogen (secondary N) is 1. The van der Waals surface area contributed by atoms with Crippen molar-refractivity contribution in [1.29, 1.82) is 0 Å². The molecule has 0 atom stereocenters. The standard InChI is InChI=1S/C26H27N3O3/c1-16-15-20-24-18(17(16)2)9-8-10-19(24)25(31)29(26(20)32)14-7-3-4-13-23(30)28-22-12-6-5-11-21(22)27/h5-6,8-12,15H,3-4,7,13-14,27H2,1-2H3,(H,28,30). The number of carbonyl (C=O) groups is 3. The first-order valence-corrected chi connectivity index (χ1v) is 10.9. The van der Waals surface area contributed by atoms with Gasteiger partial charge in [0.2, 0.25) is 5.91 Å². The maximum Gasteiger partial charge on any atom is 0.261 e. The largest absolute Gasteiger partial charge is 0.397 e. The van der Waals surface area contributed by atoms with Crippen molar-refractivity contribution >= 4 is 39.9 Å². The van der Waals surface area contributed by atoms with Crippen molar-refractivity contribution in [2.45, 2.75) is 39.5 Å². The molecule has 0 saturated heterocycles. The van der Waals surface area contributed by atoms with Crippen molar-refractivity contribution < 1.29 is 14.4 Å². The molecule has 0 unspecified atom stereocenters. The van der Waals surface area contributed by atoms with Crippen molar-refractivity contribution in [2.24, 2.45) is 0 Å². The van der Waals surface area contributed by atoms with Gasteiger partial charge in [0.25, 0.3) is 11.8 Å². The maximum absolute atomic E-state index is 13.1. The zero-order chi connectivity index (χ0) is 22.8. The Morgan fingerprint density at radius 1 is 0.938 bits per heavy atom. The molecule has 0 fully saturated rings. The molecular formula is C26H27N3O3. The quantitative estimate of drug-likeness (QED) is 0.319. The maximum atomic E-state index is 13.1. The third-order valence-corrected chi connectivity index (χ3v) is 6.16. The van der Waals surface area contributed by atoms with E-state index in [0.717, 1.165) is 28.3 Å². The van der Waals surface area contributed by atoms with Crippen molar-refractivity contribution in [3.05, 3.63) is 70.8 Å². The number of para-hydroxylation sites is 2. The van der Waals surface area contributed by atoms with E-state index >= 15 is 0 Å². The average Bonchev–Trinajstić information content (AvgIpc) is 2.78. The topological polar surface area (TPSA) is 92.5 Å². The van der Waals surface area contributed by atoms with Crippen molar-refractivity contribution in [3.8, 4) is 0 Å². The summed E-state index contributed by atoms with van der Waals surface area (Å²) in [5.41, 5.74) is 10.3. The molecule has 0 aliphatic carbocycles. The third kappa shape index (κ3) is 3.96. The fourth-order valence-corrected chi connectivity index (χ4v) is 4.25. The first-order chi connectivity index (χ1) is 15.4. The van der Waals surface area contributed by atoms with E-state index in [1.807, 2.05) is 44.2 Å². The Morgan fingerprint density at radius 3 is 2.47 bits per heavy atom. The summed E-state index contributed by atoms with van der Waals surface area (Å²) in [7, 11) is 0. The molecule has 0 bridgehead atoms. The SMILES string of the molecule is Cc1cc2c3c(cccc3c1C)C(=O)N(CCCCCC(=O)Nc1ccccc1N)C2=O. The highest BCUT2D eigenvalue weighted by Crippen LogP contribution is 2.33. The Balaban J connectivity index is 1.36. The number of nitrogens with two attached hydrogens (primary N) is 1. The van der Waals surface area contributed by atoms with Crippen LogP contribution < -0.4 is 11.1 Å². The van der Waals surface area contributed by atoms with Crippen LogP contribution in [0.3, 0.4) is 0 Å². The molecule has 3 amide bonds. The van der Waals surface area contributed by atoms with Crippen LogP contribution in [-0.2, 0) is 4.79 Å². The van der Waals surface area contributed by atoms with E-state index in [9.17, 15) is 14.4 Å². The normalized spacial score (nSPS) is 13.0. The highest BCUT2D eigenvalue weighted by molar-refractivity contribution is 6.25. The second-order valence-corrected chi connectivity index (χ2v) is 8.30. The second-order valence-electron chi connectivity index (χ2n) is 8.30. The Kier molecular flexibility index (Phi) is 5.95. The minimum Gasteiger partial charge on any atom is -0.397 e. The number of aryl methyl sites for hydroxylation is 2. The average molecular weight is 430 g/mol. The van der Waals surface area contributed by atoms with Crippen molar-refractivity contribution in [1.82, 2.24) is 4.90 Å². The number of carbonyl (C=O) groups excluding carboxylic acids is 3. The summed E-state index contributed by atoms with van der Waals surface area (Å²) in [5, 5.41) is 4.54. The summed E-state index contributed by atoms with van der Waals surface area (Å²) < 4.78 is 0. The molecule has 3 aromatic rings. The molecule has 0 saturated carbocycles. The molecule has 6 nitrogen and oxygen atoms in total. The minimum absolute atomic E-state index is 0.0977. The van der Waals surface area contributed by atoms with Crippen LogP contribution in [0.5, 0.6) is 0 Å². The summed E-state index contributed by atoms with van der Waals surface area (Å²) in [6, 6.07) is 14.7. The Hall–Kier alpha value is -3.67. The lowest BCUT2D eigenvalue weighted by Gasteiger charge is -2.28. The fraction of sp³-hybridized carbons (Fsp3) is 0.269. The smallest absolute Gasteiger partial charge is 0.261 e. The van der Waals surface area contributed by atoms with Gasteiger partial charge < -0.3 is 11.1 Å². The molecule has 0 aromatic heterocycles. The van der Waals surface area contributed by atoms with Gasteiger partial charge in [-0.1, -0.05) is 30.7 Å². The van der Waals surface area contributed by atoms with Gasteiger partial charge in [-0.25, -0.2) is 0 Å². The monoisotopic (exact) mass is 429 g/mol. The molecule has 4 rings (SSSR count). The Bertz CT molecular complexity index is 1230. The number of imide groups is 1. The lowest BCUT2D eigenvalue weighted by Crippen LogP contribution is -2.41. The van der Waals surface area contributed by atoms with E-state index < -0.39 is 0 Å². The van der Waals surface area contributed by atoms with Crippen LogP contribution in [-0.4, -0.2) is 29.2 Å². The number of rotatable bonds is 7. The number of nitrogens with zero attached hydrogens (tertiary/aromatic N) is 1. The van der Waals surface area contributed by atoms with Crippen LogP contribution in [0.25, 0.3) is 10.8 Å². The third-order valence-electron chi connectivity index (χ3n) is 6.16. The van der Waals surface area contributed by atoms with Gasteiger partial charge >= 0.3 is 0 Å². The van der Waals surface area contributed by atoms with Crippen LogP contribution >= 0.6 is 0 Å². The molecule has 164 valence electrons. The molecule has 3 N–H and O–H groups in total. The fourth-order valence-electron chi connectivity index (χ4n) is 4.25. The number of amides is 3. The first-order valence-electron chi connectivity index (χ1n) is 10.9. The van der Waals surface area contributed by atoms with Crippen LogP contribution in [0, 0.1) is 13.8 Å². The highest BCUT2D eigenvalue weighted by atomic mass is 16.2. The summed E-state index contributed by atoms with van der Waals surface area (Å²) in [6.45, 7) is 4.34. The summed E-state index contributed by atoms with van der Waals surface area (Å²) in [4.78, 5) is 39.7. The van der Waals surface area contributed by atoms with Gasteiger partial charge in [-0.05, 0) is 67.5 Å². The molecule has 1 aliphatic rings. The second kappa shape index (κ2) is 8.83. The molecule has 1 heterocycles. The van der Waals surface area contributed by atoms with E-state index in [1.54, 1.807) is 18.2 Å². The Labute approximate surface area is 187 Å². The van der Waals surface area contributed by atoms with Gasteiger partial charge in [-0.15, -0.1) is 0 Å². The lowest BCUT2D eigenvalue weighted by molar-refractivity contribution is -0.116. The lowest BCUT2D eigenvalue weighted by atomic mass is 9.89. The summed E-state index contributed by atoms with van der Waals surface area (Å²) in [5.74, 6) is -0.577. The molecule has 1 aliphatic heterocycles. The summed E-state index contributed by atoms with van der Waals surface area (Å²) in [6.07, 6.45) is 2.41. The van der Waals surface area contributed by atoms with Crippen LogP contribution in [0.2, 0.25) is 0 Å². The number of hydrogen-bond donors (Lipinski definition) is 2. The van der Waals surface area contributed by atoms with E-state index in [0.29, 0.717) is 48.3 Å². The van der Waals surface area contributed by atoms with E-state index in [4.69, 9.17) is 5.73 Å². The molecule has 3 aromatic carbocycles. The molecule has 0 radical (unpaired) electrons. The van der Waals surface area contributed by atoms with Gasteiger partial charge in [0, 0.05) is 29.5 Å². The molecular weight excluding hydrogens is 402 g/mol. The van der Waals surface area contributed by atoms with Crippen LogP contribution in [0.1, 0.15) is 57.5 Å². The van der Waals surface area contributed by atoms with Crippen LogP contribution in [0.15, 0.2) is 48.5 Å². The van der Waals surface area contributed by atoms with E-state index in [-0.39, 0.29) is 17.7 Å². The van der Waals surface area contributed by atoms with Gasteiger partial charge in [0.05, 0.1) is 11.4 Å². The van der Waals surface area contributed by atoms with Crippen molar-refractivity contribution in [3.63, 3.8) is 0 Å². The number of anilines is 2. The zero-order valence-corrected chi connectivity index (χ0v) is 18.4. The Morgan fingerprint density at radius 2 is 1.69 bits per heavy atom. The van der Waals surface area contributed by atoms with E-state index in [2.05, 4.69) is 5.32 Å². The number of benzene rings is 3. The van der Waals surface area contributed by atoms with Crippen molar-refractivity contribution in [2.75, 3.05) is 17.6 Å². The number of hydrogen-bond acceptors (Lipinski definition) is 4. The zero-order valence-electron chi connectivity index (χ0n) is 18.4. The highest BCUT2D eigenvalue weighted by Gasteiger charge is 2.33.